The average molecular weight is 260 g/mol. The molecule has 3 nitrogen and oxygen atoms in total. The number of alkyl halides is 1. The van der Waals surface area contributed by atoms with Crippen LogP contribution in [0.3, 0.4) is 0 Å². The molecule has 1 atom stereocenters. The highest BCUT2D eigenvalue weighted by Crippen LogP contribution is 2.44. The molecule has 1 unspecified atom stereocenters. The van der Waals surface area contributed by atoms with Crippen molar-refractivity contribution in [1.82, 2.24) is 14.8 Å². The Morgan fingerprint density at radius 1 is 1.22 bits per heavy atom. The van der Waals surface area contributed by atoms with E-state index in [4.69, 9.17) is 11.6 Å². The maximum Gasteiger partial charge on any atom is 0.148 e. The van der Waals surface area contributed by atoms with Crippen LogP contribution in [0.4, 0.5) is 0 Å². The summed E-state index contributed by atoms with van der Waals surface area (Å²) >= 11 is 5.96. The predicted molar refractivity (Wildman–Crippen MR) is 69.8 cm³/mol. The number of fused-ring (bicyclic) bond motifs is 1. The molecule has 0 aliphatic heterocycles. The Hall–Kier alpha value is -1.35. The van der Waals surface area contributed by atoms with Crippen LogP contribution < -0.4 is 0 Å². The molecule has 0 N–H and O–H groups in total. The molecule has 0 amide bonds. The molecule has 1 fully saturated rings. The van der Waals surface area contributed by atoms with Crippen molar-refractivity contribution >= 4 is 11.6 Å². The van der Waals surface area contributed by atoms with Crippen molar-refractivity contribution in [2.45, 2.75) is 37.1 Å². The number of hydrogen-bond acceptors (Lipinski definition) is 2. The average Bonchev–Trinajstić information content (AvgIpc) is 3.12. The molecule has 0 radical (unpaired) electrons. The smallest absolute Gasteiger partial charge is 0.148 e. The number of benzene rings is 1. The Balaban J connectivity index is 1.77. The van der Waals surface area contributed by atoms with Gasteiger partial charge in [0.05, 0.1) is 5.88 Å². The van der Waals surface area contributed by atoms with Gasteiger partial charge in [-0.2, -0.15) is 0 Å². The second-order valence-corrected chi connectivity index (χ2v) is 5.43. The van der Waals surface area contributed by atoms with Crippen LogP contribution in [0.25, 0.3) is 0 Å². The minimum atomic E-state index is 0.422. The fraction of sp³-hybridized carbons (Fsp3) is 0.429. The van der Waals surface area contributed by atoms with Crippen molar-refractivity contribution in [3.63, 3.8) is 0 Å². The molecule has 4 heteroatoms. The third kappa shape index (κ3) is 1.43. The number of aromatic nitrogens is 3. The summed E-state index contributed by atoms with van der Waals surface area (Å²) in [5, 5.41) is 8.65. The fourth-order valence-electron chi connectivity index (χ4n) is 2.89. The standard InChI is InChI=1S/C14H14ClN3/c15-8-13-16-17-14(18(13)10-5-6-10)12-7-9-3-1-2-4-11(9)12/h1-4,10,12H,5-8H2. The quantitative estimate of drug-likeness (QED) is 0.794. The van der Waals surface area contributed by atoms with Gasteiger partial charge in [0.2, 0.25) is 0 Å². The lowest BCUT2D eigenvalue weighted by Gasteiger charge is -2.29. The summed E-state index contributed by atoms with van der Waals surface area (Å²) < 4.78 is 2.29. The summed E-state index contributed by atoms with van der Waals surface area (Å²) in [6.07, 6.45) is 3.57. The van der Waals surface area contributed by atoms with E-state index in [9.17, 15) is 0 Å². The Kier molecular flexibility index (Phi) is 2.24. The van der Waals surface area contributed by atoms with Gasteiger partial charge in [0.15, 0.2) is 0 Å². The van der Waals surface area contributed by atoms with Gasteiger partial charge in [-0.1, -0.05) is 24.3 Å². The first-order valence-electron chi connectivity index (χ1n) is 6.46. The SMILES string of the molecule is ClCc1nnc(C2Cc3ccccc32)n1C1CC1. The maximum atomic E-state index is 5.96. The van der Waals surface area contributed by atoms with E-state index in [0.717, 1.165) is 18.1 Å². The molecular weight excluding hydrogens is 246 g/mol. The molecule has 0 spiro atoms. The van der Waals surface area contributed by atoms with E-state index in [-0.39, 0.29) is 0 Å². The monoisotopic (exact) mass is 259 g/mol. The van der Waals surface area contributed by atoms with Crippen molar-refractivity contribution in [1.29, 1.82) is 0 Å². The van der Waals surface area contributed by atoms with E-state index >= 15 is 0 Å². The first-order valence-corrected chi connectivity index (χ1v) is 6.99. The van der Waals surface area contributed by atoms with E-state index in [2.05, 4.69) is 39.0 Å². The predicted octanol–water partition coefficient (Wildman–Crippen LogP) is 3.04. The van der Waals surface area contributed by atoms with E-state index < -0.39 is 0 Å². The first kappa shape index (κ1) is 10.6. The van der Waals surface area contributed by atoms with Crippen LogP contribution in [0.5, 0.6) is 0 Å². The molecule has 92 valence electrons. The van der Waals surface area contributed by atoms with Crippen LogP contribution in [0.2, 0.25) is 0 Å². The van der Waals surface area contributed by atoms with Crippen molar-refractivity contribution < 1.29 is 0 Å². The molecule has 2 aliphatic carbocycles. The molecule has 4 rings (SSSR count). The normalized spacial score (nSPS) is 21.5. The van der Waals surface area contributed by atoms with Gasteiger partial charge in [0.1, 0.15) is 11.6 Å². The van der Waals surface area contributed by atoms with E-state index in [0.29, 0.717) is 17.8 Å². The number of nitrogens with zero attached hydrogens (tertiary/aromatic N) is 3. The molecular formula is C14H14ClN3. The zero-order chi connectivity index (χ0) is 12.1. The Morgan fingerprint density at radius 3 is 2.78 bits per heavy atom. The molecule has 0 bridgehead atoms. The molecule has 1 aromatic carbocycles. The highest BCUT2D eigenvalue weighted by molar-refractivity contribution is 6.16. The zero-order valence-corrected chi connectivity index (χ0v) is 10.8. The molecule has 18 heavy (non-hydrogen) atoms. The van der Waals surface area contributed by atoms with E-state index in [1.807, 2.05) is 0 Å². The van der Waals surface area contributed by atoms with Crippen LogP contribution in [0.15, 0.2) is 24.3 Å². The summed E-state index contributed by atoms with van der Waals surface area (Å²) in [5.74, 6) is 2.93. The largest absolute Gasteiger partial charge is 0.310 e. The first-order chi connectivity index (χ1) is 8.88. The highest BCUT2D eigenvalue weighted by Gasteiger charge is 2.36. The lowest BCUT2D eigenvalue weighted by atomic mass is 9.77. The third-order valence-electron chi connectivity index (χ3n) is 3.99. The lowest BCUT2D eigenvalue weighted by molar-refractivity contribution is 0.582. The van der Waals surface area contributed by atoms with Gasteiger partial charge in [0.25, 0.3) is 0 Å². The van der Waals surface area contributed by atoms with Gasteiger partial charge < -0.3 is 4.57 Å². The minimum Gasteiger partial charge on any atom is -0.310 e. The van der Waals surface area contributed by atoms with Gasteiger partial charge in [-0.3, -0.25) is 0 Å². The topological polar surface area (TPSA) is 30.7 Å². The van der Waals surface area contributed by atoms with Gasteiger partial charge in [0, 0.05) is 12.0 Å². The number of rotatable bonds is 3. The second-order valence-electron chi connectivity index (χ2n) is 5.16. The maximum absolute atomic E-state index is 5.96. The molecule has 2 aromatic rings. The fourth-order valence-corrected chi connectivity index (χ4v) is 3.07. The number of hydrogen-bond donors (Lipinski definition) is 0. The minimum absolute atomic E-state index is 0.422. The van der Waals surface area contributed by atoms with Crippen LogP contribution in [-0.4, -0.2) is 14.8 Å². The lowest BCUT2D eigenvalue weighted by Crippen LogP contribution is -2.22. The van der Waals surface area contributed by atoms with Crippen LogP contribution in [0, 0.1) is 0 Å². The Bertz CT molecular complexity index is 601. The van der Waals surface area contributed by atoms with Crippen molar-refractivity contribution in [3.8, 4) is 0 Å². The summed E-state index contributed by atoms with van der Waals surface area (Å²) in [6.45, 7) is 0. The van der Waals surface area contributed by atoms with Gasteiger partial charge in [-0.05, 0) is 30.4 Å². The van der Waals surface area contributed by atoms with Gasteiger partial charge >= 0.3 is 0 Å². The third-order valence-corrected chi connectivity index (χ3v) is 4.23. The van der Waals surface area contributed by atoms with Crippen LogP contribution >= 0.6 is 11.6 Å². The molecule has 1 saturated carbocycles. The molecule has 2 aliphatic rings. The Labute approximate surface area is 111 Å². The van der Waals surface area contributed by atoms with Gasteiger partial charge in [-0.25, -0.2) is 0 Å². The summed E-state index contributed by atoms with van der Waals surface area (Å²) in [7, 11) is 0. The van der Waals surface area contributed by atoms with Crippen molar-refractivity contribution in [2.24, 2.45) is 0 Å². The van der Waals surface area contributed by atoms with Crippen LogP contribution in [-0.2, 0) is 12.3 Å². The summed E-state index contributed by atoms with van der Waals surface area (Å²) in [5.41, 5.74) is 2.85. The molecule has 1 aromatic heterocycles. The van der Waals surface area contributed by atoms with E-state index in [1.54, 1.807) is 0 Å². The summed E-state index contributed by atoms with van der Waals surface area (Å²) in [4.78, 5) is 0. The zero-order valence-electron chi connectivity index (χ0n) is 10.0. The van der Waals surface area contributed by atoms with Crippen LogP contribution in [0.1, 0.15) is 47.6 Å². The Morgan fingerprint density at radius 2 is 2.06 bits per heavy atom. The van der Waals surface area contributed by atoms with Gasteiger partial charge in [-0.15, -0.1) is 21.8 Å². The van der Waals surface area contributed by atoms with Crippen molar-refractivity contribution in [3.05, 3.63) is 47.0 Å². The van der Waals surface area contributed by atoms with Crippen molar-refractivity contribution in [2.75, 3.05) is 0 Å². The summed E-state index contributed by atoms with van der Waals surface area (Å²) in [6, 6.07) is 9.20. The second kappa shape index (κ2) is 3.82. The molecule has 0 saturated heterocycles. The van der Waals surface area contributed by atoms with E-state index in [1.165, 1.54) is 24.0 Å². The highest BCUT2D eigenvalue weighted by atomic mass is 35.5. The number of halogens is 1. The molecule has 1 heterocycles.